The molecular weight excluding hydrogens is 590 g/mol. The third-order valence-corrected chi connectivity index (χ3v) is 10.6. The lowest BCUT2D eigenvalue weighted by Gasteiger charge is -2.24. The lowest BCUT2D eigenvalue weighted by atomic mass is 10.2. The van der Waals surface area contributed by atoms with E-state index in [4.69, 9.17) is 0 Å². The molecule has 0 radical (unpaired) electrons. The Kier molecular flexibility index (Phi) is 8.92. The third kappa shape index (κ3) is 6.63. The Balaban J connectivity index is 1.53. The average Bonchev–Trinajstić information content (AvgIpc) is 3.19. The van der Waals surface area contributed by atoms with E-state index in [-0.39, 0.29) is 9.79 Å². The molecule has 1 fully saturated rings. The third-order valence-electron chi connectivity index (χ3n) is 6.35. The molecule has 1 heterocycles. The number of aryl methyl sites for hydroxylation is 1. The molecule has 1 aliphatic rings. The maximum absolute atomic E-state index is 13.5. The fourth-order valence-electron chi connectivity index (χ4n) is 4.23. The highest BCUT2D eigenvalue weighted by molar-refractivity contribution is 9.10. The second-order valence-electron chi connectivity index (χ2n) is 9.19. The zero-order valence-electron chi connectivity index (χ0n) is 21.0. The van der Waals surface area contributed by atoms with E-state index in [9.17, 15) is 21.6 Å². The minimum atomic E-state index is -4.04. The second kappa shape index (κ2) is 12.0. The van der Waals surface area contributed by atoms with Gasteiger partial charge in [0, 0.05) is 23.2 Å². The average molecular weight is 621 g/mol. The van der Waals surface area contributed by atoms with Gasteiger partial charge in [-0.15, -0.1) is 0 Å². The van der Waals surface area contributed by atoms with Crippen LogP contribution in [0.25, 0.3) is 0 Å². The van der Waals surface area contributed by atoms with Crippen molar-refractivity contribution in [1.82, 2.24) is 4.31 Å². The Morgan fingerprint density at radius 1 is 0.816 bits per heavy atom. The molecule has 0 aromatic heterocycles. The predicted molar refractivity (Wildman–Crippen MR) is 152 cm³/mol. The quantitative estimate of drug-likeness (QED) is 0.375. The summed E-state index contributed by atoms with van der Waals surface area (Å²) in [7, 11) is -7.65. The van der Waals surface area contributed by atoms with Gasteiger partial charge < -0.3 is 5.32 Å². The van der Waals surface area contributed by atoms with Gasteiger partial charge in [0.25, 0.3) is 10.0 Å². The Hall–Kier alpha value is -2.73. The van der Waals surface area contributed by atoms with Gasteiger partial charge in [0.05, 0.1) is 15.5 Å². The number of anilines is 2. The van der Waals surface area contributed by atoms with Gasteiger partial charge in [-0.2, -0.15) is 4.31 Å². The SMILES string of the molecule is Cc1ccc(S(=O)(=O)N(CC(=O)Nc2ccc(S(=O)(=O)N3CCCCCC3)cc2)c2ccc(Br)cc2)cc1. The van der Waals surface area contributed by atoms with E-state index in [1.165, 1.54) is 40.7 Å². The molecule has 11 heteroatoms. The maximum atomic E-state index is 13.5. The molecule has 0 saturated carbocycles. The number of rotatable bonds is 8. The molecule has 4 rings (SSSR count). The van der Waals surface area contributed by atoms with Crippen LogP contribution in [0.2, 0.25) is 0 Å². The van der Waals surface area contributed by atoms with E-state index >= 15 is 0 Å². The van der Waals surface area contributed by atoms with E-state index < -0.39 is 32.5 Å². The largest absolute Gasteiger partial charge is 0.325 e. The van der Waals surface area contributed by atoms with Crippen LogP contribution >= 0.6 is 15.9 Å². The van der Waals surface area contributed by atoms with Crippen molar-refractivity contribution in [1.29, 1.82) is 0 Å². The van der Waals surface area contributed by atoms with Gasteiger partial charge in [0.15, 0.2) is 0 Å². The minimum absolute atomic E-state index is 0.0712. The van der Waals surface area contributed by atoms with Gasteiger partial charge in [-0.1, -0.05) is 46.5 Å². The Morgan fingerprint density at radius 2 is 1.37 bits per heavy atom. The van der Waals surface area contributed by atoms with Crippen LogP contribution in [0, 0.1) is 6.92 Å². The number of halogens is 1. The smallest absolute Gasteiger partial charge is 0.264 e. The molecular formula is C27H30BrN3O5S2. The number of carbonyl (C=O) groups excluding carboxylic acids is 1. The van der Waals surface area contributed by atoms with Crippen molar-refractivity contribution in [2.24, 2.45) is 0 Å². The van der Waals surface area contributed by atoms with Crippen molar-refractivity contribution in [3.63, 3.8) is 0 Å². The first kappa shape index (κ1) is 28.3. The van der Waals surface area contributed by atoms with Crippen LogP contribution in [0.1, 0.15) is 31.2 Å². The number of hydrogen-bond acceptors (Lipinski definition) is 5. The summed E-state index contributed by atoms with van der Waals surface area (Å²) in [6.45, 7) is 2.40. The summed E-state index contributed by atoms with van der Waals surface area (Å²) >= 11 is 3.35. The van der Waals surface area contributed by atoms with Crippen molar-refractivity contribution in [3.05, 3.63) is 82.8 Å². The van der Waals surface area contributed by atoms with Gasteiger partial charge in [-0.3, -0.25) is 9.10 Å². The number of nitrogens with one attached hydrogen (secondary N) is 1. The van der Waals surface area contributed by atoms with Gasteiger partial charge in [0.2, 0.25) is 15.9 Å². The van der Waals surface area contributed by atoms with Crippen LogP contribution < -0.4 is 9.62 Å². The molecule has 38 heavy (non-hydrogen) atoms. The van der Waals surface area contributed by atoms with Crippen molar-refractivity contribution in [2.45, 2.75) is 42.4 Å². The Morgan fingerprint density at radius 3 is 1.95 bits per heavy atom. The van der Waals surface area contributed by atoms with Crippen LogP contribution in [0.3, 0.4) is 0 Å². The summed E-state index contributed by atoms with van der Waals surface area (Å²) in [5.41, 5.74) is 1.62. The van der Waals surface area contributed by atoms with Crippen molar-refractivity contribution in [3.8, 4) is 0 Å². The van der Waals surface area contributed by atoms with E-state index in [0.29, 0.717) is 24.5 Å². The fraction of sp³-hybridized carbons (Fsp3) is 0.296. The monoisotopic (exact) mass is 619 g/mol. The molecule has 0 spiro atoms. The molecule has 202 valence electrons. The Bertz CT molecular complexity index is 1470. The lowest BCUT2D eigenvalue weighted by Crippen LogP contribution is -2.38. The van der Waals surface area contributed by atoms with Crippen molar-refractivity contribution in [2.75, 3.05) is 29.3 Å². The second-order valence-corrected chi connectivity index (χ2v) is 13.9. The maximum Gasteiger partial charge on any atom is 0.264 e. The number of nitrogens with zero attached hydrogens (tertiary/aromatic N) is 2. The normalized spacial score (nSPS) is 15.0. The van der Waals surface area contributed by atoms with E-state index in [0.717, 1.165) is 40.0 Å². The number of carbonyl (C=O) groups is 1. The lowest BCUT2D eigenvalue weighted by molar-refractivity contribution is -0.114. The van der Waals surface area contributed by atoms with Crippen LogP contribution in [0.4, 0.5) is 11.4 Å². The summed E-state index contributed by atoms with van der Waals surface area (Å²) in [5.74, 6) is -0.563. The van der Waals surface area contributed by atoms with Crippen LogP contribution in [0.15, 0.2) is 87.1 Å². The van der Waals surface area contributed by atoms with Crippen LogP contribution in [0.5, 0.6) is 0 Å². The molecule has 1 amide bonds. The molecule has 1 N–H and O–H groups in total. The van der Waals surface area contributed by atoms with Gasteiger partial charge >= 0.3 is 0 Å². The number of sulfonamides is 2. The summed E-state index contributed by atoms with van der Waals surface area (Å²) in [4.78, 5) is 13.2. The number of hydrogen-bond donors (Lipinski definition) is 1. The molecule has 8 nitrogen and oxygen atoms in total. The molecule has 0 aliphatic carbocycles. The number of benzene rings is 3. The van der Waals surface area contributed by atoms with E-state index in [1.807, 2.05) is 6.92 Å². The van der Waals surface area contributed by atoms with Crippen molar-refractivity contribution < 1.29 is 21.6 Å². The van der Waals surface area contributed by atoms with Crippen molar-refractivity contribution >= 4 is 53.3 Å². The van der Waals surface area contributed by atoms with Crippen LogP contribution in [-0.2, 0) is 24.8 Å². The molecule has 1 saturated heterocycles. The summed E-state index contributed by atoms with van der Waals surface area (Å²) in [6.07, 6.45) is 3.73. The van der Waals surface area contributed by atoms with E-state index in [1.54, 1.807) is 36.4 Å². The highest BCUT2D eigenvalue weighted by atomic mass is 79.9. The molecule has 0 unspecified atom stereocenters. The fourth-order valence-corrected chi connectivity index (χ4v) is 7.43. The molecule has 3 aromatic rings. The van der Waals surface area contributed by atoms with Gasteiger partial charge in [-0.05, 0) is 80.4 Å². The first-order valence-corrected chi connectivity index (χ1v) is 16.0. The first-order chi connectivity index (χ1) is 18.1. The number of amides is 1. The molecule has 0 bridgehead atoms. The highest BCUT2D eigenvalue weighted by Crippen LogP contribution is 2.26. The standard InChI is InChI=1S/C27H30BrN3O5S2/c1-21-6-14-26(15-7-21)38(35,36)31(24-12-8-22(28)9-13-24)20-27(32)29-23-10-16-25(17-11-23)37(33,34)30-18-4-2-3-5-19-30/h6-17H,2-5,18-20H2,1H3,(H,29,32). The zero-order valence-corrected chi connectivity index (χ0v) is 24.2. The van der Waals surface area contributed by atoms with Gasteiger partial charge in [0.1, 0.15) is 6.54 Å². The zero-order chi connectivity index (χ0) is 27.3. The molecule has 1 aliphatic heterocycles. The predicted octanol–water partition coefficient (Wildman–Crippen LogP) is 5.16. The first-order valence-electron chi connectivity index (χ1n) is 12.3. The molecule has 3 aromatic carbocycles. The van der Waals surface area contributed by atoms with Gasteiger partial charge in [-0.25, -0.2) is 16.8 Å². The Labute approximate surface area is 232 Å². The molecule has 0 atom stereocenters. The topological polar surface area (TPSA) is 104 Å². The summed E-state index contributed by atoms with van der Waals surface area (Å²) in [5, 5.41) is 2.69. The van der Waals surface area contributed by atoms with Crippen LogP contribution in [-0.4, -0.2) is 46.7 Å². The minimum Gasteiger partial charge on any atom is -0.325 e. The van der Waals surface area contributed by atoms with E-state index in [2.05, 4.69) is 21.2 Å². The highest BCUT2D eigenvalue weighted by Gasteiger charge is 2.28. The summed E-state index contributed by atoms with van der Waals surface area (Å²) in [6, 6.07) is 19.0. The summed E-state index contributed by atoms with van der Waals surface area (Å²) < 4.78 is 56.4.